The van der Waals surface area contributed by atoms with Crippen molar-refractivity contribution in [3.8, 4) is 16.9 Å². The van der Waals surface area contributed by atoms with Gasteiger partial charge in [0.15, 0.2) is 0 Å². The Labute approximate surface area is 153 Å². The van der Waals surface area contributed by atoms with Gasteiger partial charge in [-0.1, -0.05) is 51.1 Å². The third-order valence-electron chi connectivity index (χ3n) is 4.66. The fraction of sp³-hybridized carbons (Fsp3) is 0.478. The summed E-state index contributed by atoms with van der Waals surface area (Å²) in [5.41, 5.74) is 5.55. The molecular weight excluding hydrogens is 306 g/mol. The van der Waals surface area contributed by atoms with Crippen molar-refractivity contribution in [1.82, 2.24) is 5.32 Å². The van der Waals surface area contributed by atoms with Crippen LogP contribution >= 0.6 is 0 Å². The molecule has 0 atom stereocenters. The first-order valence-electron chi connectivity index (χ1n) is 9.84. The molecule has 25 heavy (non-hydrogen) atoms. The lowest BCUT2D eigenvalue weighted by atomic mass is 9.92. The molecule has 2 nitrogen and oxygen atoms in total. The lowest BCUT2D eigenvalue weighted by molar-refractivity contribution is 0.305. The Morgan fingerprint density at radius 2 is 1.48 bits per heavy atom. The molecule has 2 rings (SSSR count). The van der Waals surface area contributed by atoms with Gasteiger partial charge in [0.25, 0.3) is 0 Å². The van der Waals surface area contributed by atoms with E-state index in [-0.39, 0.29) is 0 Å². The predicted molar refractivity (Wildman–Crippen MR) is 109 cm³/mol. The standard InChI is InChI=1S/C23H33NO/c1-4-19-11-10-12-20(5-2)23(19)21-13-15-22(16-14-21)25-18-9-7-8-17-24-6-3/h10-16,24H,4-9,17-18H2,1-3H3. The molecule has 0 saturated carbocycles. The summed E-state index contributed by atoms with van der Waals surface area (Å²) < 4.78 is 5.90. The average molecular weight is 340 g/mol. The van der Waals surface area contributed by atoms with Crippen LogP contribution in [0.3, 0.4) is 0 Å². The molecular formula is C23H33NO. The topological polar surface area (TPSA) is 21.3 Å². The molecule has 0 fully saturated rings. The number of hydrogen-bond donors (Lipinski definition) is 1. The Balaban J connectivity index is 1.92. The van der Waals surface area contributed by atoms with E-state index in [2.05, 4.69) is 68.6 Å². The third kappa shape index (κ3) is 5.89. The zero-order valence-corrected chi connectivity index (χ0v) is 16.1. The van der Waals surface area contributed by atoms with Crippen LogP contribution in [0, 0.1) is 0 Å². The van der Waals surface area contributed by atoms with E-state index in [1.54, 1.807) is 0 Å². The SMILES string of the molecule is CCNCCCCCOc1ccc(-c2c(CC)cccc2CC)cc1. The van der Waals surface area contributed by atoms with Crippen LogP contribution < -0.4 is 10.1 Å². The molecule has 0 unspecified atom stereocenters. The summed E-state index contributed by atoms with van der Waals surface area (Å²) in [5, 5.41) is 3.36. The molecule has 0 saturated heterocycles. The Hall–Kier alpha value is -1.80. The van der Waals surface area contributed by atoms with Crippen LogP contribution in [-0.4, -0.2) is 19.7 Å². The zero-order valence-electron chi connectivity index (χ0n) is 16.1. The van der Waals surface area contributed by atoms with Crippen LogP contribution in [0.15, 0.2) is 42.5 Å². The Morgan fingerprint density at radius 3 is 2.08 bits per heavy atom. The van der Waals surface area contributed by atoms with Crippen LogP contribution in [0.1, 0.15) is 51.2 Å². The lowest BCUT2D eigenvalue weighted by Gasteiger charge is -2.14. The minimum absolute atomic E-state index is 0.803. The van der Waals surface area contributed by atoms with E-state index >= 15 is 0 Å². The molecule has 2 aromatic rings. The Morgan fingerprint density at radius 1 is 0.800 bits per heavy atom. The molecule has 0 aliphatic rings. The van der Waals surface area contributed by atoms with Crippen LogP contribution in [-0.2, 0) is 12.8 Å². The minimum atomic E-state index is 0.803. The van der Waals surface area contributed by atoms with E-state index in [4.69, 9.17) is 4.74 Å². The van der Waals surface area contributed by atoms with Gasteiger partial charge < -0.3 is 10.1 Å². The van der Waals surface area contributed by atoms with Crippen molar-refractivity contribution in [1.29, 1.82) is 0 Å². The van der Waals surface area contributed by atoms with E-state index in [1.807, 2.05) is 0 Å². The highest BCUT2D eigenvalue weighted by molar-refractivity contribution is 5.71. The molecule has 0 bridgehead atoms. The molecule has 0 aliphatic carbocycles. The highest BCUT2D eigenvalue weighted by Crippen LogP contribution is 2.30. The summed E-state index contributed by atoms with van der Waals surface area (Å²) >= 11 is 0. The maximum absolute atomic E-state index is 5.90. The second kappa shape index (κ2) is 10.9. The van der Waals surface area contributed by atoms with Crippen molar-refractivity contribution in [3.63, 3.8) is 0 Å². The predicted octanol–water partition coefficient (Wildman–Crippen LogP) is 5.64. The molecule has 0 amide bonds. The second-order valence-electron chi connectivity index (χ2n) is 6.45. The fourth-order valence-electron chi connectivity index (χ4n) is 3.23. The Bertz CT molecular complexity index is 596. The monoisotopic (exact) mass is 339 g/mol. The van der Waals surface area contributed by atoms with E-state index in [1.165, 1.54) is 35.1 Å². The number of benzene rings is 2. The first-order chi connectivity index (χ1) is 12.3. The van der Waals surface area contributed by atoms with Crippen molar-refractivity contribution in [2.24, 2.45) is 0 Å². The van der Waals surface area contributed by atoms with Gasteiger partial charge in [0, 0.05) is 0 Å². The number of unbranched alkanes of at least 4 members (excludes halogenated alkanes) is 2. The smallest absolute Gasteiger partial charge is 0.119 e. The number of nitrogens with one attached hydrogen (secondary N) is 1. The third-order valence-corrected chi connectivity index (χ3v) is 4.66. The average Bonchev–Trinajstić information content (AvgIpc) is 2.67. The van der Waals surface area contributed by atoms with Crippen LogP contribution in [0.4, 0.5) is 0 Å². The van der Waals surface area contributed by atoms with Gasteiger partial charge in [-0.2, -0.15) is 0 Å². The van der Waals surface area contributed by atoms with Gasteiger partial charge >= 0.3 is 0 Å². The van der Waals surface area contributed by atoms with E-state index in [0.29, 0.717) is 0 Å². The van der Waals surface area contributed by atoms with E-state index < -0.39 is 0 Å². The summed E-state index contributed by atoms with van der Waals surface area (Å²) in [4.78, 5) is 0. The zero-order chi connectivity index (χ0) is 17.9. The van der Waals surface area contributed by atoms with Crippen molar-refractivity contribution in [3.05, 3.63) is 53.6 Å². The van der Waals surface area contributed by atoms with Crippen LogP contribution in [0.2, 0.25) is 0 Å². The van der Waals surface area contributed by atoms with Gasteiger partial charge in [-0.25, -0.2) is 0 Å². The maximum Gasteiger partial charge on any atom is 0.119 e. The summed E-state index contributed by atoms with van der Waals surface area (Å²) in [6.45, 7) is 9.58. The molecule has 2 heteroatoms. The molecule has 0 aromatic heterocycles. The summed E-state index contributed by atoms with van der Waals surface area (Å²) in [6.07, 6.45) is 5.69. The quantitative estimate of drug-likeness (QED) is 0.535. The normalized spacial score (nSPS) is 10.8. The molecule has 0 aliphatic heterocycles. The molecule has 0 heterocycles. The molecule has 1 N–H and O–H groups in total. The van der Waals surface area contributed by atoms with Gasteiger partial charge in [-0.3, -0.25) is 0 Å². The number of ether oxygens (including phenoxy) is 1. The molecule has 0 spiro atoms. The number of rotatable bonds is 11. The highest BCUT2D eigenvalue weighted by Gasteiger charge is 2.08. The van der Waals surface area contributed by atoms with Crippen molar-refractivity contribution in [2.75, 3.05) is 19.7 Å². The van der Waals surface area contributed by atoms with Crippen molar-refractivity contribution >= 4 is 0 Å². The first kappa shape index (κ1) is 19.5. The number of aryl methyl sites for hydroxylation is 2. The first-order valence-corrected chi connectivity index (χ1v) is 9.84. The Kier molecular flexibility index (Phi) is 8.54. The fourth-order valence-corrected chi connectivity index (χ4v) is 3.23. The van der Waals surface area contributed by atoms with Gasteiger partial charge in [0.2, 0.25) is 0 Å². The van der Waals surface area contributed by atoms with Crippen molar-refractivity contribution < 1.29 is 4.74 Å². The maximum atomic E-state index is 5.90. The number of hydrogen-bond acceptors (Lipinski definition) is 2. The van der Waals surface area contributed by atoms with E-state index in [9.17, 15) is 0 Å². The van der Waals surface area contributed by atoms with Gasteiger partial charge in [-0.15, -0.1) is 0 Å². The van der Waals surface area contributed by atoms with E-state index in [0.717, 1.165) is 44.7 Å². The lowest BCUT2D eigenvalue weighted by Crippen LogP contribution is -2.14. The largest absolute Gasteiger partial charge is 0.494 e. The van der Waals surface area contributed by atoms with Gasteiger partial charge in [0.1, 0.15) is 5.75 Å². The summed E-state index contributed by atoms with van der Waals surface area (Å²) in [7, 11) is 0. The highest BCUT2D eigenvalue weighted by atomic mass is 16.5. The molecule has 136 valence electrons. The van der Waals surface area contributed by atoms with Crippen molar-refractivity contribution in [2.45, 2.75) is 52.9 Å². The van der Waals surface area contributed by atoms with Crippen LogP contribution in [0.5, 0.6) is 5.75 Å². The summed E-state index contributed by atoms with van der Waals surface area (Å²) in [5.74, 6) is 0.975. The van der Waals surface area contributed by atoms with Crippen LogP contribution in [0.25, 0.3) is 11.1 Å². The van der Waals surface area contributed by atoms with Gasteiger partial charge in [-0.05, 0) is 79.6 Å². The summed E-state index contributed by atoms with van der Waals surface area (Å²) in [6, 6.07) is 15.3. The van der Waals surface area contributed by atoms with Gasteiger partial charge in [0.05, 0.1) is 6.61 Å². The molecule has 2 aromatic carbocycles. The second-order valence-corrected chi connectivity index (χ2v) is 6.45. The minimum Gasteiger partial charge on any atom is -0.494 e. The molecule has 0 radical (unpaired) electrons.